The van der Waals surface area contributed by atoms with Crippen molar-refractivity contribution in [3.63, 3.8) is 0 Å². The second-order valence-electron chi connectivity index (χ2n) is 5.67. The van der Waals surface area contributed by atoms with Gasteiger partial charge in [0.25, 0.3) is 0 Å². The van der Waals surface area contributed by atoms with E-state index in [1.807, 2.05) is 6.07 Å². The number of benzene rings is 2. The van der Waals surface area contributed by atoms with Gasteiger partial charge >= 0.3 is 0 Å². The molecule has 1 atom stereocenters. The molecule has 2 aromatic rings. The zero-order chi connectivity index (χ0) is 16.2. The van der Waals surface area contributed by atoms with Crippen molar-refractivity contribution < 1.29 is 13.9 Å². The van der Waals surface area contributed by atoms with E-state index in [4.69, 9.17) is 10.5 Å². The van der Waals surface area contributed by atoms with Gasteiger partial charge in [-0.2, -0.15) is 0 Å². The van der Waals surface area contributed by atoms with E-state index >= 15 is 0 Å². The zero-order valence-electron chi connectivity index (χ0n) is 12.7. The van der Waals surface area contributed by atoms with E-state index in [1.54, 1.807) is 24.3 Å². The van der Waals surface area contributed by atoms with Crippen LogP contribution in [0.15, 0.2) is 42.5 Å². The van der Waals surface area contributed by atoms with Crippen molar-refractivity contribution in [3.05, 3.63) is 59.4 Å². The summed E-state index contributed by atoms with van der Waals surface area (Å²) < 4.78 is 19.5. The Bertz CT molecular complexity index is 712. The number of hydrogen-bond acceptors (Lipinski definition) is 3. The quantitative estimate of drug-likeness (QED) is 0.891. The molecule has 1 fully saturated rings. The first-order valence-electron chi connectivity index (χ1n) is 7.64. The minimum atomic E-state index is -0.483. The summed E-state index contributed by atoms with van der Waals surface area (Å²) in [6.07, 6.45) is 1.12. The Morgan fingerprint density at radius 3 is 2.91 bits per heavy atom. The van der Waals surface area contributed by atoms with Crippen molar-refractivity contribution in [2.24, 2.45) is 5.73 Å². The number of carbonyl (C=O) groups is 1. The number of hydrogen-bond donors (Lipinski definition) is 2. The Labute approximate surface area is 134 Å². The van der Waals surface area contributed by atoms with Crippen LogP contribution in [0, 0.1) is 5.82 Å². The van der Waals surface area contributed by atoms with Gasteiger partial charge < -0.3 is 15.8 Å². The summed E-state index contributed by atoms with van der Waals surface area (Å²) in [4.78, 5) is 11.4. The van der Waals surface area contributed by atoms with Crippen LogP contribution in [-0.2, 0) is 11.3 Å². The molecule has 3 rings (SSSR count). The van der Waals surface area contributed by atoms with Crippen molar-refractivity contribution in [3.8, 4) is 11.1 Å². The SMILES string of the molecule is NC(=O)c1cccc(-c2ccc(F)cc2COC2CCNC2)c1. The lowest BCUT2D eigenvalue weighted by atomic mass is 9.98. The number of primary amides is 1. The average Bonchev–Trinajstić information content (AvgIpc) is 3.06. The lowest BCUT2D eigenvalue weighted by Gasteiger charge is -2.14. The van der Waals surface area contributed by atoms with Crippen LogP contribution in [0.5, 0.6) is 0 Å². The topological polar surface area (TPSA) is 64.4 Å². The molecule has 3 N–H and O–H groups in total. The standard InChI is InChI=1S/C18H19FN2O2/c19-15-4-5-17(12-2-1-3-13(8-12)18(20)22)14(9-15)11-23-16-6-7-21-10-16/h1-5,8-9,16,21H,6-7,10-11H2,(H2,20,22). The van der Waals surface area contributed by atoms with Gasteiger partial charge in [0.2, 0.25) is 5.91 Å². The van der Waals surface area contributed by atoms with Crippen LogP contribution in [0.4, 0.5) is 4.39 Å². The first-order valence-corrected chi connectivity index (χ1v) is 7.64. The van der Waals surface area contributed by atoms with Crippen LogP contribution in [0.3, 0.4) is 0 Å². The van der Waals surface area contributed by atoms with Gasteiger partial charge in [0.15, 0.2) is 0 Å². The lowest BCUT2D eigenvalue weighted by Crippen LogP contribution is -2.16. The first-order chi connectivity index (χ1) is 11.1. The second kappa shape index (κ2) is 6.89. The Hall–Kier alpha value is -2.24. The highest BCUT2D eigenvalue weighted by molar-refractivity contribution is 5.94. The van der Waals surface area contributed by atoms with Gasteiger partial charge in [-0.05, 0) is 53.9 Å². The molecule has 0 saturated carbocycles. The summed E-state index contributed by atoms with van der Waals surface area (Å²) in [5, 5.41) is 3.24. The molecule has 4 nitrogen and oxygen atoms in total. The molecule has 23 heavy (non-hydrogen) atoms. The summed E-state index contributed by atoms with van der Waals surface area (Å²) in [6.45, 7) is 2.10. The van der Waals surface area contributed by atoms with Gasteiger partial charge in [-0.25, -0.2) is 4.39 Å². The van der Waals surface area contributed by atoms with Crippen LogP contribution < -0.4 is 11.1 Å². The maximum absolute atomic E-state index is 13.6. The molecule has 0 aliphatic carbocycles. The number of ether oxygens (including phenoxy) is 1. The van der Waals surface area contributed by atoms with E-state index in [1.165, 1.54) is 12.1 Å². The number of amides is 1. The van der Waals surface area contributed by atoms with Gasteiger partial charge in [0.1, 0.15) is 5.82 Å². The van der Waals surface area contributed by atoms with Crippen LogP contribution in [-0.4, -0.2) is 25.1 Å². The van der Waals surface area contributed by atoms with Gasteiger partial charge in [-0.1, -0.05) is 18.2 Å². The molecule has 1 saturated heterocycles. The minimum Gasteiger partial charge on any atom is -0.372 e. The fraction of sp³-hybridized carbons (Fsp3) is 0.278. The van der Waals surface area contributed by atoms with E-state index in [-0.39, 0.29) is 11.9 Å². The summed E-state index contributed by atoms with van der Waals surface area (Å²) in [6, 6.07) is 11.6. The predicted molar refractivity (Wildman–Crippen MR) is 86.4 cm³/mol. The van der Waals surface area contributed by atoms with Crippen LogP contribution in [0.1, 0.15) is 22.3 Å². The monoisotopic (exact) mass is 314 g/mol. The number of nitrogens with one attached hydrogen (secondary N) is 1. The molecular weight excluding hydrogens is 295 g/mol. The fourth-order valence-electron chi connectivity index (χ4n) is 2.78. The minimum absolute atomic E-state index is 0.156. The van der Waals surface area contributed by atoms with E-state index in [9.17, 15) is 9.18 Å². The van der Waals surface area contributed by atoms with Crippen molar-refractivity contribution in [2.75, 3.05) is 13.1 Å². The average molecular weight is 314 g/mol. The van der Waals surface area contributed by atoms with Crippen molar-refractivity contribution in [1.82, 2.24) is 5.32 Å². The zero-order valence-corrected chi connectivity index (χ0v) is 12.7. The van der Waals surface area contributed by atoms with Gasteiger partial charge in [0, 0.05) is 12.1 Å². The molecule has 0 radical (unpaired) electrons. The smallest absolute Gasteiger partial charge is 0.248 e. The maximum Gasteiger partial charge on any atom is 0.248 e. The summed E-state index contributed by atoms with van der Waals surface area (Å²) >= 11 is 0. The third kappa shape index (κ3) is 3.75. The maximum atomic E-state index is 13.6. The number of halogens is 1. The number of carbonyl (C=O) groups excluding carboxylic acids is 1. The van der Waals surface area contributed by atoms with Crippen molar-refractivity contribution >= 4 is 5.91 Å². The largest absolute Gasteiger partial charge is 0.372 e. The summed E-state index contributed by atoms with van der Waals surface area (Å²) in [7, 11) is 0. The van der Waals surface area contributed by atoms with Crippen LogP contribution in [0.25, 0.3) is 11.1 Å². The molecule has 1 heterocycles. The molecule has 120 valence electrons. The number of nitrogens with two attached hydrogens (primary N) is 1. The molecule has 0 bridgehead atoms. The summed E-state index contributed by atoms with van der Waals surface area (Å²) in [5.41, 5.74) is 8.20. The fourth-order valence-corrected chi connectivity index (χ4v) is 2.78. The molecule has 1 aliphatic rings. The highest BCUT2D eigenvalue weighted by Gasteiger charge is 2.16. The Morgan fingerprint density at radius 2 is 2.17 bits per heavy atom. The number of rotatable bonds is 5. The molecule has 0 spiro atoms. The highest BCUT2D eigenvalue weighted by Crippen LogP contribution is 2.26. The van der Waals surface area contributed by atoms with Gasteiger partial charge in [-0.3, -0.25) is 4.79 Å². The molecule has 1 amide bonds. The molecular formula is C18H19FN2O2. The third-order valence-corrected chi connectivity index (χ3v) is 4.02. The Morgan fingerprint density at radius 1 is 1.30 bits per heavy atom. The van der Waals surface area contributed by atoms with Crippen molar-refractivity contribution in [1.29, 1.82) is 0 Å². The highest BCUT2D eigenvalue weighted by atomic mass is 19.1. The van der Waals surface area contributed by atoms with E-state index < -0.39 is 5.91 Å². The van der Waals surface area contributed by atoms with E-state index in [0.717, 1.165) is 36.2 Å². The molecule has 0 aromatic heterocycles. The summed E-state index contributed by atoms with van der Waals surface area (Å²) in [5.74, 6) is -0.785. The molecule has 2 aromatic carbocycles. The first kappa shape index (κ1) is 15.6. The lowest BCUT2D eigenvalue weighted by molar-refractivity contribution is 0.0543. The molecule has 5 heteroatoms. The molecule has 1 unspecified atom stereocenters. The van der Waals surface area contributed by atoms with E-state index in [2.05, 4.69) is 5.32 Å². The van der Waals surface area contributed by atoms with Crippen molar-refractivity contribution in [2.45, 2.75) is 19.1 Å². The van der Waals surface area contributed by atoms with Gasteiger partial charge in [-0.15, -0.1) is 0 Å². The second-order valence-corrected chi connectivity index (χ2v) is 5.67. The van der Waals surface area contributed by atoms with E-state index in [0.29, 0.717) is 12.2 Å². The van der Waals surface area contributed by atoms with Gasteiger partial charge in [0.05, 0.1) is 12.7 Å². The van der Waals surface area contributed by atoms with Crippen LogP contribution in [0.2, 0.25) is 0 Å². The molecule has 1 aliphatic heterocycles. The third-order valence-electron chi connectivity index (χ3n) is 4.02. The van der Waals surface area contributed by atoms with Crippen LogP contribution >= 0.6 is 0 Å². The normalized spacial score (nSPS) is 17.3. The predicted octanol–water partition coefficient (Wildman–Crippen LogP) is 2.47. The Balaban J connectivity index is 1.88. The Kier molecular flexibility index (Phi) is 4.69.